The number of fused-ring (bicyclic) bond motifs is 2. The van der Waals surface area contributed by atoms with Gasteiger partial charge in [0.25, 0.3) is 0 Å². The van der Waals surface area contributed by atoms with Crippen LogP contribution in [-0.2, 0) is 9.59 Å². The summed E-state index contributed by atoms with van der Waals surface area (Å²) in [6.07, 6.45) is 2.63. The Bertz CT molecular complexity index is 931. The van der Waals surface area contributed by atoms with Crippen LogP contribution in [0.4, 0.5) is 17.1 Å². The standard InChI is InChI=1S/C23H25N3O2/c1-15(2)16-10-12-17(13-11-16)24-22(27)14-26-21-9-4-3-7-20(21)25-19-8-5-6-18(19)23(26)28/h3-4,7,9-13,15,18H,5-6,8,14H2,1-2H3,(H,24,27)/t18-/m1/s1. The van der Waals surface area contributed by atoms with E-state index in [1.54, 1.807) is 4.90 Å². The molecule has 5 nitrogen and oxygen atoms in total. The average Bonchev–Trinajstić information content (AvgIpc) is 3.11. The molecule has 0 aromatic heterocycles. The van der Waals surface area contributed by atoms with E-state index in [0.29, 0.717) is 11.6 Å². The molecule has 0 bridgehead atoms. The molecule has 0 unspecified atom stereocenters. The molecule has 0 saturated heterocycles. The van der Waals surface area contributed by atoms with Gasteiger partial charge in [-0.05, 0) is 55.0 Å². The van der Waals surface area contributed by atoms with Crippen molar-refractivity contribution < 1.29 is 9.59 Å². The maximum atomic E-state index is 13.2. The summed E-state index contributed by atoms with van der Waals surface area (Å²) >= 11 is 0. The van der Waals surface area contributed by atoms with Gasteiger partial charge in [0.2, 0.25) is 11.8 Å². The summed E-state index contributed by atoms with van der Waals surface area (Å²) < 4.78 is 0. The van der Waals surface area contributed by atoms with Gasteiger partial charge in [0, 0.05) is 11.4 Å². The number of hydrogen-bond acceptors (Lipinski definition) is 3. The van der Waals surface area contributed by atoms with Crippen molar-refractivity contribution in [3.63, 3.8) is 0 Å². The van der Waals surface area contributed by atoms with Crippen LogP contribution in [0.1, 0.15) is 44.6 Å². The summed E-state index contributed by atoms with van der Waals surface area (Å²) in [5.74, 6) is 0.00973. The molecule has 2 aliphatic rings. The molecule has 1 fully saturated rings. The number of anilines is 2. The number of amides is 2. The van der Waals surface area contributed by atoms with Crippen molar-refractivity contribution in [3.05, 3.63) is 54.1 Å². The van der Waals surface area contributed by atoms with Crippen LogP contribution in [0.5, 0.6) is 0 Å². The molecule has 0 radical (unpaired) electrons. The van der Waals surface area contributed by atoms with Crippen LogP contribution in [-0.4, -0.2) is 24.1 Å². The monoisotopic (exact) mass is 375 g/mol. The fraction of sp³-hybridized carbons (Fsp3) is 0.348. The molecule has 1 aliphatic carbocycles. The highest BCUT2D eigenvalue weighted by molar-refractivity contribution is 6.16. The topological polar surface area (TPSA) is 61.8 Å². The molecule has 1 atom stereocenters. The highest BCUT2D eigenvalue weighted by Crippen LogP contribution is 2.37. The van der Waals surface area contributed by atoms with Crippen LogP contribution in [0, 0.1) is 5.92 Å². The molecule has 144 valence electrons. The molecule has 1 N–H and O–H groups in total. The molecule has 0 spiro atoms. The van der Waals surface area contributed by atoms with E-state index in [9.17, 15) is 9.59 Å². The SMILES string of the molecule is CC(C)c1ccc(NC(=O)CN2C(=O)[C@@H]3CCCC3=Nc3ccccc32)cc1. The Balaban J connectivity index is 1.55. The van der Waals surface area contributed by atoms with E-state index in [-0.39, 0.29) is 24.3 Å². The number of aliphatic imine (C=N–C) groups is 1. The van der Waals surface area contributed by atoms with Crippen molar-refractivity contribution >= 4 is 34.6 Å². The molecule has 1 aliphatic heterocycles. The van der Waals surface area contributed by atoms with Crippen LogP contribution in [0.15, 0.2) is 53.5 Å². The van der Waals surface area contributed by atoms with Gasteiger partial charge < -0.3 is 10.2 Å². The van der Waals surface area contributed by atoms with Gasteiger partial charge in [0.1, 0.15) is 6.54 Å². The minimum absolute atomic E-state index is 0.0128. The zero-order valence-corrected chi connectivity index (χ0v) is 16.3. The quantitative estimate of drug-likeness (QED) is 0.844. The zero-order valence-electron chi connectivity index (χ0n) is 16.3. The van der Waals surface area contributed by atoms with E-state index in [2.05, 4.69) is 19.2 Å². The molecule has 28 heavy (non-hydrogen) atoms. The van der Waals surface area contributed by atoms with E-state index in [1.807, 2.05) is 48.5 Å². The van der Waals surface area contributed by atoms with Gasteiger partial charge in [-0.2, -0.15) is 0 Å². The summed E-state index contributed by atoms with van der Waals surface area (Å²) in [5, 5.41) is 2.92. The lowest BCUT2D eigenvalue weighted by molar-refractivity contribution is -0.122. The van der Waals surface area contributed by atoms with Crippen LogP contribution in [0.3, 0.4) is 0 Å². The van der Waals surface area contributed by atoms with Gasteiger partial charge in [-0.1, -0.05) is 38.1 Å². The highest BCUT2D eigenvalue weighted by Gasteiger charge is 2.37. The van der Waals surface area contributed by atoms with Crippen LogP contribution < -0.4 is 10.2 Å². The molecule has 5 heteroatoms. The largest absolute Gasteiger partial charge is 0.325 e. The number of para-hydroxylation sites is 2. The van der Waals surface area contributed by atoms with E-state index < -0.39 is 0 Å². The predicted molar refractivity (Wildman–Crippen MR) is 112 cm³/mol. The first-order chi connectivity index (χ1) is 13.5. The van der Waals surface area contributed by atoms with Crippen LogP contribution in [0.2, 0.25) is 0 Å². The second-order valence-corrected chi connectivity index (χ2v) is 7.79. The van der Waals surface area contributed by atoms with E-state index >= 15 is 0 Å². The summed E-state index contributed by atoms with van der Waals surface area (Å²) in [4.78, 5) is 32.2. The minimum Gasteiger partial charge on any atom is -0.325 e. The Morgan fingerprint density at radius 3 is 2.68 bits per heavy atom. The van der Waals surface area contributed by atoms with Crippen LogP contribution in [0.25, 0.3) is 0 Å². The molecular weight excluding hydrogens is 350 g/mol. The van der Waals surface area contributed by atoms with Crippen molar-refractivity contribution in [2.75, 3.05) is 16.8 Å². The first-order valence-corrected chi connectivity index (χ1v) is 9.90. The first-order valence-electron chi connectivity index (χ1n) is 9.90. The number of benzene rings is 2. The van der Waals surface area contributed by atoms with Gasteiger partial charge in [-0.25, -0.2) is 0 Å². The Morgan fingerprint density at radius 1 is 1.18 bits per heavy atom. The smallest absolute Gasteiger partial charge is 0.244 e. The van der Waals surface area contributed by atoms with Crippen molar-refractivity contribution in [3.8, 4) is 0 Å². The molecular formula is C23H25N3O2. The fourth-order valence-electron chi connectivity index (χ4n) is 3.94. The summed E-state index contributed by atoms with van der Waals surface area (Å²) in [6, 6.07) is 15.4. The Kier molecular flexibility index (Phi) is 4.99. The van der Waals surface area contributed by atoms with Crippen LogP contribution >= 0.6 is 0 Å². The van der Waals surface area contributed by atoms with Gasteiger partial charge >= 0.3 is 0 Å². The Morgan fingerprint density at radius 2 is 1.93 bits per heavy atom. The van der Waals surface area contributed by atoms with Crippen molar-refractivity contribution in [1.82, 2.24) is 0 Å². The summed E-state index contributed by atoms with van der Waals surface area (Å²) in [7, 11) is 0. The number of nitrogens with one attached hydrogen (secondary N) is 1. The lowest BCUT2D eigenvalue weighted by Gasteiger charge is -2.24. The van der Waals surface area contributed by atoms with Crippen molar-refractivity contribution in [1.29, 1.82) is 0 Å². The molecule has 4 rings (SSSR count). The maximum Gasteiger partial charge on any atom is 0.244 e. The van der Waals surface area contributed by atoms with Gasteiger partial charge in [0.15, 0.2) is 0 Å². The van der Waals surface area contributed by atoms with Gasteiger partial charge in [0.05, 0.1) is 17.3 Å². The third-order valence-corrected chi connectivity index (χ3v) is 5.49. The van der Waals surface area contributed by atoms with Gasteiger partial charge in [-0.3, -0.25) is 14.6 Å². The Labute approximate surface area is 165 Å². The molecule has 2 aromatic carbocycles. The lowest BCUT2D eigenvalue weighted by atomic mass is 10.0. The normalized spacial score (nSPS) is 18.4. The zero-order chi connectivity index (χ0) is 19.7. The van der Waals surface area contributed by atoms with Crippen molar-refractivity contribution in [2.24, 2.45) is 10.9 Å². The lowest BCUT2D eigenvalue weighted by Crippen LogP contribution is -2.41. The minimum atomic E-state index is -0.207. The molecule has 1 saturated carbocycles. The van der Waals surface area contributed by atoms with E-state index in [4.69, 9.17) is 4.99 Å². The fourth-order valence-corrected chi connectivity index (χ4v) is 3.94. The Hall–Kier alpha value is -2.95. The second kappa shape index (κ2) is 7.58. The third kappa shape index (κ3) is 3.57. The molecule has 2 aromatic rings. The number of carbonyl (C=O) groups is 2. The first kappa shape index (κ1) is 18.4. The van der Waals surface area contributed by atoms with Gasteiger partial charge in [-0.15, -0.1) is 0 Å². The number of rotatable bonds is 4. The average molecular weight is 375 g/mol. The summed E-state index contributed by atoms with van der Waals surface area (Å²) in [6.45, 7) is 4.26. The number of carbonyl (C=O) groups excluding carboxylic acids is 2. The van der Waals surface area contributed by atoms with Crippen molar-refractivity contribution in [2.45, 2.75) is 39.0 Å². The summed E-state index contributed by atoms with van der Waals surface area (Å²) in [5.41, 5.74) is 4.39. The molecule has 2 amide bonds. The second-order valence-electron chi connectivity index (χ2n) is 7.79. The maximum absolute atomic E-state index is 13.2. The number of nitrogens with zero attached hydrogens (tertiary/aromatic N) is 2. The number of hydrogen-bond donors (Lipinski definition) is 1. The predicted octanol–water partition coefficient (Wildman–Crippen LogP) is 4.67. The van der Waals surface area contributed by atoms with E-state index in [0.717, 1.165) is 36.3 Å². The van der Waals surface area contributed by atoms with E-state index in [1.165, 1.54) is 5.56 Å². The highest BCUT2D eigenvalue weighted by atomic mass is 16.2. The molecule has 1 heterocycles. The third-order valence-electron chi connectivity index (χ3n) is 5.49.